The molecule has 15 nitrogen and oxygen atoms in total. The molecule has 0 unspecified atom stereocenters. The Hall–Kier alpha value is -5.64. The zero-order chi connectivity index (χ0) is 44.8. The molecule has 15 heteroatoms. The van der Waals surface area contributed by atoms with Gasteiger partial charge in [-0.2, -0.15) is 0 Å². The van der Waals surface area contributed by atoms with Crippen molar-refractivity contribution in [2.45, 2.75) is 67.6 Å². The van der Waals surface area contributed by atoms with Crippen molar-refractivity contribution in [2.24, 2.45) is 17.2 Å². The molecule has 0 spiro atoms. The second-order valence-corrected chi connectivity index (χ2v) is 16.4. The normalized spacial score (nSPS) is 15.9. The Morgan fingerprint density at radius 2 is 0.574 bits per heavy atom. The summed E-state index contributed by atoms with van der Waals surface area (Å²) in [6, 6.07) is 17.6. The van der Waals surface area contributed by atoms with Gasteiger partial charge in [-0.3, -0.25) is 28.8 Å². The third-order valence-electron chi connectivity index (χ3n) is 10.5. The lowest BCUT2D eigenvalue weighted by Crippen LogP contribution is -2.54. The van der Waals surface area contributed by atoms with Crippen LogP contribution >= 0.6 is 0 Å². The standard InChI is InChI=1S/C46H65N9O6/c1-32-14-33(2)18-38(17-32)23-53-29-41(56)50(11-7-8-47)26-44(59)54(24-39-19-34(3)15-35(4)20-39)30-42(57)52(13-10-49)28-46(61)55(25-40-21-36(5)16-37(6)22-40)31-43(58)51(12-9-48)27-45(53)60/h14-22H,7-13,23-31,47-49H2,1-6H3. The Labute approximate surface area is 360 Å². The number of hydrogen-bond donors (Lipinski definition) is 3. The lowest BCUT2D eigenvalue weighted by molar-refractivity contribution is -0.150. The molecule has 1 aliphatic heterocycles. The van der Waals surface area contributed by atoms with Gasteiger partial charge in [0.25, 0.3) is 0 Å². The van der Waals surface area contributed by atoms with Crippen LogP contribution in [0.25, 0.3) is 0 Å². The molecule has 6 N–H and O–H groups in total. The molecular weight excluding hydrogens is 775 g/mol. The van der Waals surface area contributed by atoms with Gasteiger partial charge in [-0.1, -0.05) is 88.0 Å². The van der Waals surface area contributed by atoms with Gasteiger partial charge in [0, 0.05) is 52.4 Å². The van der Waals surface area contributed by atoms with Crippen LogP contribution in [0.5, 0.6) is 0 Å². The summed E-state index contributed by atoms with van der Waals surface area (Å²) in [6.45, 7) is 9.82. The van der Waals surface area contributed by atoms with Crippen molar-refractivity contribution < 1.29 is 28.8 Å². The van der Waals surface area contributed by atoms with E-state index in [4.69, 9.17) is 17.2 Å². The molecule has 1 fully saturated rings. The van der Waals surface area contributed by atoms with Crippen molar-refractivity contribution in [3.8, 4) is 0 Å². The summed E-state index contributed by atoms with van der Waals surface area (Å²) in [5, 5.41) is 0. The summed E-state index contributed by atoms with van der Waals surface area (Å²) in [7, 11) is 0. The van der Waals surface area contributed by atoms with Crippen LogP contribution in [-0.2, 0) is 48.4 Å². The van der Waals surface area contributed by atoms with Gasteiger partial charge >= 0.3 is 0 Å². The minimum Gasteiger partial charge on any atom is -0.332 e. The molecule has 0 radical (unpaired) electrons. The predicted molar refractivity (Wildman–Crippen MR) is 236 cm³/mol. The van der Waals surface area contributed by atoms with Crippen molar-refractivity contribution in [1.82, 2.24) is 29.4 Å². The van der Waals surface area contributed by atoms with Gasteiger partial charge < -0.3 is 46.6 Å². The second kappa shape index (κ2) is 22.8. The SMILES string of the molecule is Cc1cc(C)cc(CN2CC(=O)N(CCN)CC(=O)N(Cc3cc(C)cc(C)c3)CC(=O)N(CCN)CC(=O)N(Cc3cc(C)cc(C)c3)CC(=O)N(CCCN)CC2=O)c1. The summed E-state index contributed by atoms with van der Waals surface area (Å²) in [5.74, 6) is -3.07. The van der Waals surface area contributed by atoms with E-state index < -0.39 is 68.2 Å². The Morgan fingerprint density at radius 1 is 0.344 bits per heavy atom. The van der Waals surface area contributed by atoms with Crippen LogP contribution in [0.1, 0.15) is 56.5 Å². The zero-order valence-electron chi connectivity index (χ0n) is 36.9. The summed E-state index contributed by atoms with van der Waals surface area (Å²) in [4.78, 5) is 94.2. The van der Waals surface area contributed by atoms with Crippen LogP contribution in [0.4, 0.5) is 0 Å². The fourth-order valence-corrected chi connectivity index (χ4v) is 7.89. The lowest BCUT2D eigenvalue weighted by atomic mass is 10.1. The van der Waals surface area contributed by atoms with E-state index >= 15 is 0 Å². The minimum atomic E-state index is -0.526. The van der Waals surface area contributed by atoms with Crippen LogP contribution in [0.3, 0.4) is 0 Å². The third kappa shape index (κ3) is 14.8. The van der Waals surface area contributed by atoms with Gasteiger partial charge in [0.1, 0.15) is 19.6 Å². The van der Waals surface area contributed by atoms with E-state index in [9.17, 15) is 28.8 Å². The molecule has 6 amide bonds. The fourth-order valence-electron chi connectivity index (χ4n) is 7.89. The van der Waals surface area contributed by atoms with Gasteiger partial charge in [0.2, 0.25) is 35.4 Å². The first-order valence-electron chi connectivity index (χ1n) is 21.0. The molecule has 4 rings (SSSR count). The van der Waals surface area contributed by atoms with Crippen molar-refractivity contribution in [2.75, 3.05) is 78.5 Å². The molecule has 0 aromatic heterocycles. The monoisotopic (exact) mass is 840 g/mol. The van der Waals surface area contributed by atoms with E-state index in [-0.39, 0.29) is 65.4 Å². The van der Waals surface area contributed by atoms with Gasteiger partial charge in [0.15, 0.2) is 0 Å². The second-order valence-electron chi connectivity index (χ2n) is 16.4. The van der Waals surface area contributed by atoms with Gasteiger partial charge in [0.05, 0.1) is 19.6 Å². The first kappa shape index (κ1) is 48.0. The number of carbonyl (C=O) groups excluding carboxylic acids is 6. The average molecular weight is 840 g/mol. The van der Waals surface area contributed by atoms with Crippen LogP contribution < -0.4 is 17.2 Å². The first-order chi connectivity index (χ1) is 29.0. The van der Waals surface area contributed by atoms with Crippen molar-refractivity contribution in [3.05, 3.63) is 105 Å². The maximum absolute atomic E-state index is 14.4. The summed E-state index contributed by atoms with van der Waals surface area (Å²) < 4.78 is 0. The third-order valence-corrected chi connectivity index (χ3v) is 10.5. The van der Waals surface area contributed by atoms with E-state index in [1.807, 2.05) is 96.1 Å². The number of hydrogen-bond acceptors (Lipinski definition) is 9. The van der Waals surface area contributed by atoms with Crippen LogP contribution in [0.15, 0.2) is 54.6 Å². The molecule has 330 valence electrons. The molecule has 0 aliphatic carbocycles. The molecule has 3 aromatic carbocycles. The molecule has 1 aliphatic rings. The highest BCUT2D eigenvalue weighted by Gasteiger charge is 2.31. The molecule has 3 aromatic rings. The summed E-state index contributed by atoms with van der Waals surface area (Å²) >= 11 is 0. The predicted octanol–water partition coefficient (Wildman–Crippen LogP) is 1.69. The Morgan fingerprint density at radius 3 is 0.820 bits per heavy atom. The quantitative estimate of drug-likeness (QED) is 0.229. The number of carbonyl (C=O) groups is 6. The van der Waals surface area contributed by atoms with Crippen molar-refractivity contribution in [3.63, 3.8) is 0 Å². The largest absolute Gasteiger partial charge is 0.332 e. The van der Waals surface area contributed by atoms with E-state index in [0.29, 0.717) is 6.42 Å². The highest BCUT2D eigenvalue weighted by Crippen LogP contribution is 2.17. The maximum atomic E-state index is 14.4. The van der Waals surface area contributed by atoms with Gasteiger partial charge in [-0.25, -0.2) is 0 Å². The van der Waals surface area contributed by atoms with Crippen LogP contribution in [0, 0.1) is 41.5 Å². The highest BCUT2D eigenvalue weighted by molar-refractivity contribution is 5.94. The maximum Gasteiger partial charge on any atom is 0.242 e. The van der Waals surface area contributed by atoms with E-state index in [2.05, 4.69) is 0 Å². The molecule has 0 bridgehead atoms. The Balaban J connectivity index is 1.84. The van der Waals surface area contributed by atoms with Gasteiger partial charge in [-0.15, -0.1) is 0 Å². The fraction of sp³-hybridized carbons (Fsp3) is 0.478. The van der Waals surface area contributed by atoms with Crippen LogP contribution in [0.2, 0.25) is 0 Å². The van der Waals surface area contributed by atoms with E-state index in [1.165, 1.54) is 29.4 Å². The highest BCUT2D eigenvalue weighted by atomic mass is 16.2. The number of aryl methyl sites for hydroxylation is 6. The Bertz CT molecular complexity index is 1940. The number of rotatable bonds is 13. The Kier molecular flexibility index (Phi) is 18.0. The van der Waals surface area contributed by atoms with Crippen LogP contribution in [-0.4, -0.2) is 143 Å². The average Bonchev–Trinajstić information content (AvgIpc) is 3.16. The van der Waals surface area contributed by atoms with E-state index in [1.54, 1.807) is 0 Å². The topological polar surface area (TPSA) is 200 Å². The summed E-state index contributed by atoms with van der Waals surface area (Å²) in [5.41, 5.74) is 26.1. The first-order valence-corrected chi connectivity index (χ1v) is 21.0. The minimum absolute atomic E-state index is 0.00665. The number of nitrogens with two attached hydrogens (primary N) is 3. The van der Waals surface area contributed by atoms with Gasteiger partial charge in [-0.05, 0) is 71.2 Å². The van der Waals surface area contributed by atoms with E-state index in [0.717, 1.165) is 50.1 Å². The lowest BCUT2D eigenvalue weighted by Gasteiger charge is -2.33. The smallest absolute Gasteiger partial charge is 0.242 e. The number of nitrogens with zero attached hydrogens (tertiary/aromatic N) is 6. The molecule has 0 atom stereocenters. The molecule has 61 heavy (non-hydrogen) atoms. The molecule has 0 saturated carbocycles. The number of benzene rings is 3. The van der Waals surface area contributed by atoms with Crippen molar-refractivity contribution >= 4 is 35.4 Å². The zero-order valence-corrected chi connectivity index (χ0v) is 36.9. The molecular formula is C46H65N9O6. The molecule has 1 saturated heterocycles. The van der Waals surface area contributed by atoms with Crippen molar-refractivity contribution in [1.29, 1.82) is 0 Å². The summed E-state index contributed by atoms with van der Waals surface area (Å²) in [6.07, 6.45) is 0.379. The number of amides is 6. The molecule has 1 heterocycles.